The van der Waals surface area contributed by atoms with E-state index in [-0.39, 0.29) is 43.4 Å². The number of esters is 1. The molecule has 0 N–H and O–H groups in total. The van der Waals surface area contributed by atoms with Crippen LogP contribution in [0.2, 0.25) is 5.02 Å². The van der Waals surface area contributed by atoms with Crippen molar-refractivity contribution in [2.75, 3.05) is 46.8 Å². The Balaban J connectivity index is 1.02. The Kier molecular flexibility index (Phi) is 9.36. The summed E-state index contributed by atoms with van der Waals surface area (Å²) in [5.74, 6) is 1.94. The number of carbonyl (C=O) groups excluding carboxylic acids is 1. The van der Waals surface area contributed by atoms with Gasteiger partial charge in [0.05, 0.1) is 37.0 Å². The van der Waals surface area contributed by atoms with Crippen molar-refractivity contribution in [3.8, 4) is 28.7 Å². The zero-order valence-corrected chi connectivity index (χ0v) is 21.7. The summed E-state index contributed by atoms with van der Waals surface area (Å²) in [7, 11) is 0. The van der Waals surface area contributed by atoms with Crippen molar-refractivity contribution in [2.45, 2.75) is 12.2 Å². The average molecular weight is 559 g/mol. The number of benzene rings is 3. The molecule has 10 nitrogen and oxygen atoms in total. The Morgan fingerprint density at radius 1 is 0.692 bits per heavy atom. The first-order valence-electron chi connectivity index (χ1n) is 12.2. The first-order chi connectivity index (χ1) is 19.1. The molecular formula is C28H27ClO10. The molecule has 2 unspecified atom stereocenters. The lowest BCUT2D eigenvalue weighted by molar-refractivity contribution is 0.00806. The molecule has 0 amide bonds. The molecule has 3 aromatic carbocycles. The van der Waals surface area contributed by atoms with Gasteiger partial charge in [-0.2, -0.15) is 0 Å². The third kappa shape index (κ3) is 9.02. The smallest absolute Gasteiger partial charge is 0.343 e. The van der Waals surface area contributed by atoms with Crippen molar-refractivity contribution in [1.82, 2.24) is 0 Å². The summed E-state index contributed by atoms with van der Waals surface area (Å²) in [6, 6.07) is 18.3. The zero-order chi connectivity index (χ0) is 26.9. The molecule has 2 heterocycles. The van der Waals surface area contributed by atoms with Crippen molar-refractivity contribution in [3.63, 3.8) is 0 Å². The highest BCUT2D eigenvalue weighted by Gasteiger charge is 2.22. The van der Waals surface area contributed by atoms with Crippen molar-refractivity contribution in [3.05, 3.63) is 77.3 Å². The van der Waals surface area contributed by atoms with Crippen molar-refractivity contribution in [2.24, 2.45) is 0 Å². The van der Waals surface area contributed by atoms with E-state index in [0.717, 1.165) is 13.2 Å². The van der Waals surface area contributed by atoms with Crippen LogP contribution in [0.3, 0.4) is 0 Å². The quantitative estimate of drug-likeness (QED) is 0.0821. The fourth-order valence-corrected chi connectivity index (χ4v) is 3.44. The Bertz CT molecular complexity index is 1210. The van der Waals surface area contributed by atoms with Gasteiger partial charge in [-0.15, -0.1) is 0 Å². The normalized spacial score (nSPS) is 17.3. The largest absolute Gasteiger partial charge is 0.468 e. The zero-order valence-electron chi connectivity index (χ0n) is 20.9. The van der Waals surface area contributed by atoms with Crippen molar-refractivity contribution < 1.29 is 47.4 Å². The third-order valence-electron chi connectivity index (χ3n) is 5.50. The number of hydrogen-bond acceptors (Lipinski definition) is 10. The van der Waals surface area contributed by atoms with Crippen LogP contribution in [0.1, 0.15) is 10.4 Å². The molecule has 0 radical (unpaired) electrons. The highest BCUT2D eigenvalue weighted by Crippen LogP contribution is 2.30. The lowest BCUT2D eigenvalue weighted by Crippen LogP contribution is -2.10. The first-order valence-corrected chi connectivity index (χ1v) is 12.6. The van der Waals surface area contributed by atoms with Gasteiger partial charge in [0.2, 0.25) is 6.79 Å². The number of halogens is 1. The van der Waals surface area contributed by atoms with Gasteiger partial charge < -0.3 is 42.6 Å². The summed E-state index contributed by atoms with van der Waals surface area (Å²) in [5.41, 5.74) is 0.358. The maximum Gasteiger partial charge on any atom is 0.343 e. The van der Waals surface area contributed by atoms with Crippen LogP contribution < -0.4 is 23.7 Å². The van der Waals surface area contributed by atoms with Gasteiger partial charge in [-0.05, 0) is 60.7 Å². The van der Waals surface area contributed by atoms with Gasteiger partial charge in [-0.1, -0.05) is 11.6 Å². The standard InChI is InChI=1S/C28H27ClO10/c29-26-11-23(39-28(30)19-1-3-20(4-2-19)35-16-31-12-24-14-33-24)9-10-27(26)38-18-37-22-7-5-21(6-8-22)36-17-32-13-25-15-34-25/h1-11,24-25H,12-18H2. The predicted octanol–water partition coefficient (Wildman–Crippen LogP) is 4.48. The molecule has 2 aliphatic heterocycles. The molecule has 0 aliphatic carbocycles. The molecule has 11 heteroatoms. The Morgan fingerprint density at radius 3 is 1.69 bits per heavy atom. The highest BCUT2D eigenvalue weighted by atomic mass is 35.5. The van der Waals surface area contributed by atoms with Crippen LogP contribution in [0.25, 0.3) is 0 Å². The van der Waals surface area contributed by atoms with Gasteiger partial charge in [0.1, 0.15) is 41.0 Å². The van der Waals surface area contributed by atoms with Crippen LogP contribution in [-0.4, -0.2) is 65.0 Å². The minimum absolute atomic E-state index is 0.0720. The molecule has 0 aromatic heterocycles. The summed E-state index contributed by atoms with van der Waals surface area (Å²) in [4.78, 5) is 12.5. The van der Waals surface area contributed by atoms with Crippen LogP contribution in [0, 0.1) is 0 Å². The topological polar surface area (TPSA) is 107 Å². The summed E-state index contributed by atoms with van der Waals surface area (Å²) in [6.07, 6.45) is 0.378. The van der Waals surface area contributed by atoms with Crippen LogP contribution >= 0.6 is 11.6 Å². The van der Waals surface area contributed by atoms with E-state index in [1.807, 2.05) is 0 Å². The highest BCUT2D eigenvalue weighted by molar-refractivity contribution is 6.32. The number of hydrogen-bond donors (Lipinski definition) is 0. The van der Waals surface area contributed by atoms with Crippen LogP contribution in [0.5, 0.6) is 28.7 Å². The second-order valence-electron chi connectivity index (χ2n) is 8.56. The van der Waals surface area contributed by atoms with Gasteiger partial charge in [-0.3, -0.25) is 0 Å². The van der Waals surface area contributed by atoms with Gasteiger partial charge in [0, 0.05) is 6.07 Å². The van der Waals surface area contributed by atoms with E-state index in [9.17, 15) is 4.79 Å². The molecule has 5 rings (SSSR count). The maximum absolute atomic E-state index is 12.5. The lowest BCUT2D eigenvalue weighted by atomic mass is 10.2. The van der Waals surface area contributed by atoms with E-state index >= 15 is 0 Å². The summed E-state index contributed by atoms with van der Waals surface area (Å²) >= 11 is 6.31. The molecular weight excluding hydrogens is 532 g/mol. The monoisotopic (exact) mass is 558 g/mol. The molecule has 0 spiro atoms. The lowest BCUT2D eigenvalue weighted by Gasteiger charge is -2.12. The Labute approximate surface area is 230 Å². The predicted molar refractivity (Wildman–Crippen MR) is 138 cm³/mol. The SMILES string of the molecule is O=C(Oc1ccc(OCOc2ccc(OCOCC3CO3)cc2)c(Cl)c1)c1ccc(OCOCC2CO2)cc1. The first kappa shape index (κ1) is 27.0. The van der Waals surface area contributed by atoms with E-state index < -0.39 is 5.97 Å². The molecule has 206 valence electrons. The Morgan fingerprint density at radius 2 is 1.18 bits per heavy atom. The second-order valence-corrected chi connectivity index (χ2v) is 8.97. The molecule has 0 saturated carbocycles. The summed E-state index contributed by atoms with van der Waals surface area (Å²) in [6.45, 7) is 2.70. The molecule has 2 fully saturated rings. The molecule has 3 aromatic rings. The van der Waals surface area contributed by atoms with E-state index in [1.54, 1.807) is 60.7 Å². The van der Waals surface area contributed by atoms with Crippen LogP contribution in [0.15, 0.2) is 66.7 Å². The fourth-order valence-electron chi connectivity index (χ4n) is 3.22. The summed E-state index contributed by atoms with van der Waals surface area (Å²) in [5, 5.41) is 0.268. The van der Waals surface area contributed by atoms with Gasteiger partial charge in [0.25, 0.3) is 0 Å². The van der Waals surface area contributed by atoms with E-state index in [1.165, 1.54) is 6.07 Å². The minimum atomic E-state index is -0.535. The molecule has 2 atom stereocenters. The van der Waals surface area contributed by atoms with E-state index in [2.05, 4.69) is 0 Å². The number of ether oxygens (including phenoxy) is 9. The van der Waals surface area contributed by atoms with Gasteiger partial charge >= 0.3 is 5.97 Å². The minimum Gasteiger partial charge on any atom is -0.468 e. The number of epoxide rings is 2. The van der Waals surface area contributed by atoms with Crippen LogP contribution in [0.4, 0.5) is 0 Å². The molecule has 2 aliphatic rings. The van der Waals surface area contributed by atoms with Gasteiger partial charge in [0.15, 0.2) is 13.6 Å². The molecule has 0 bridgehead atoms. The van der Waals surface area contributed by atoms with Gasteiger partial charge in [-0.25, -0.2) is 4.79 Å². The van der Waals surface area contributed by atoms with Crippen molar-refractivity contribution >= 4 is 17.6 Å². The maximum atomic E-state index is 12.5. The molecule has 39 heavy (non-hydrogen) atoms. The Hall–Kier alpha value is -3.54. The number of rotatable bonds is 16. The summed E-state index contributed by atoms with van der Waals surface area (Å²) < 4.78 is 48.4. The van der Waals surface area contributed by atoms with Crippen LogP contribution in [-0.2, 0) is 18.9 Å². The number of carbonyl (C=O) groups is 1. The fraction of sp³-hybridized carbons (Fsp3) is 0.321. The van der Waals surface area contributed by atoms with E-state index in [4.69, 9.17) is 54.2 Å². The molecule has 2 saturated heterocycles. The second kappa shape index (κ2) is 13.5. The van der Waals surface area contributed by atoms with E-state index in [0.29, 0.717) is 41.8 Å². The third-order valence-corrected chi connectivity index (χ3v) is 5.79. The average Bonchev–Trinajstić information content (AvgIpc) is 3.88. The van der Waals surface area contributed by atoms with Crippen molar-refractivity contribution in [1.29, 1.82) is 0 Å².